The molecule has 0 bridgehead atoms. The molecular formula is C20H29FN2O2. The van der Waals surface area contributed by atoms with Gasteiger partial charge in [0.25, 0.3) is 0 Å². The van der Waals surface area contributed by atoms with Crippen LogP contribution in [-0.4, -0.2) is 29.8 Å². The minimum absolute atomic E-state index is 0.0395. The third-order valence-electron chi connectivity index (χ3n) is 5.23. The average molecular weight is 348 g/mol. The lowest BCUT2D eigenvalue weighted by Gasteiger charge is -2.40. The fraction of sp³-hybridized carbons (Fsp3) is 0.600. The zero-order chi connectivity index (χ0) is 18.4. The summed E-state index contributed by atoms with van der Waals surface area (Å²) in [6.07, 6.45) is 3.24. The topological polar surface area (TPSA) is 49.4 Å². The Morgan fingerprint density at radius 1 is 1.32 bits per heavy atom. The summed E-state index contributed by atoms with van der Waals surface area (Å²) < 4.78 is 13.2. The van der Waals surface area contributed by atoms with E-state index in [0.717, 1.165) is 37.8 Å². The van der Waals surface area contributed by atoms with Crippen LogP contribution in [-0.2, 0) is 16.1 Å². The molecule has 1 N–H and O–H groups in total. The van der Waals surface area contributed by atoms with Gasteiger partial charge < -0.3 is 10.2 Å². The van der Waals surface area contributed by atoms with E-state index in [-0.39, 0.29) is 23.5 Å². The maximum absolute atomic E-state index is 13.2. The van der Waals surface area contributed by atoms with Crippen LogP contribution < -0.4 is 5.32 Å². The molecule has 4 nitrogen and oxygen atoms in total. The molecule has 1 saturated heterocycles. The lowest BCUT2D eigenvalue weighted by molar-refractivity contribution is -0.143. The van der Waals surface area contributed by atoms with E-state index < -0.39 is 5.41 Å². The lowest BCUT2D eigenvalue weighted by Crippen LogP contribution is -2.52. The zero-order valence-electron chi connectivity index (χ0n) is 15.5. The first kappa shape index (κ1) is 19.4. The first-order chi connectivity index (χ1) is 11.9. The van der Waals surface area contributed by atoms with Crippen LogP contribution in [0.3, 0.4) is 0 Å². The van der Waals surface area contributed by atoms with E-state index in [9.17, 15) is 14.0 Å². The van der Waals surface area contributed by atoms with Gasteiger partial charge in [-0.2, -0.15) is 0 Å². The maximum Gasteiger partial charge on any atom is 0.227 e. The van der Waals surface area contributed by atoms with Crippen molar-refractivity contribution in [1.82, 2.24) is 10.2 Å². The van der Waals surface area contributed by atoms with E-state index in [2.05, 4.69) is 5.32 Å². The van der Waals surface area contributed by atoms with Crippen molar-refractivity contribution in [2.45, 2.75) is 53.0 Å². The number of likely N-dealkylation sites (tertiary alicyclic amines) is 1. The van der Waals surface area contributed by atoms with Gasteiger partial charge in [0.2, 0.25) is 11.8 Å². The van der Waals surface area contributed by atoms with Crippen molar-refractivity contribution in [2.24, 2.45) is 11.3 Å². The molecular weight excluding hydrogens is 319 g/mol. The number of hydrogen-bond acceptors (Lipinski definition) is 2. The second-order valence-corrected chi connectivity index (χ2v) is 7.25. The number of piperidine rings is 1. The van der Waals surface area contributed by atoms with Crippen LogP contribution in [0.1, 0.15) is 52.0 Å². The molecule has 1 aliphatic heterocycles. The van der Waals surface area contributed by atoms with Crippen LogP contribution in [0, 0.1) is 17.2 Å². The minimum Gasteiger partial charge on any atom is -0.351 e. The second kappa shape index (κ2) is 8.45. The maximum atomic E-state index is 13.2. The fourth-order valence-corrected chi connectivity index (χ4v) is 3.55. The molecule has 1 heterocycles. The Labute approximate surface area is 149 Å². The van der Waals surface area contributed by atoms with Gasteiger partial charge in [0.1, 0.15) is 5.82 Å². The number of carbonyl (C=O) groups excluding carboxylic acids is 2. The molecule has 2 amide bonds. The average Bonchev–Trinajstić information content (AvgIpc) is 2.60. The van der Waals surface area contributed by atoms with Crippen LogP contribution in [0.15, 0.2) is 24.3 Å². The molecule has 0 aromatic heterocycles. The highest BCUT2D eigenvalue weighted by atomic mass is 19.1. The molecule has 0 radical (unpaired) electrons. The van der Waals surface area contributed by atoms with Gasteiger partial charge >= 0.3 is 0 Å². The molecule has 1 aromatic carbocycles. The van der Waals surface area contributed by atoms with Gasteiger partial charge in [-0.05, 0) is 50.3 Å². The van der Waals surface area contributed by atoms with E-state index in [0.29, 0.717) is 13.1 Å². The van der Waals surface area contributed by atoms with E-state index in [1.165, 1.54) is 12.1 Å². The predicted molar refractivity (Wildman–Crippen MR) is 96.2 cm³/mol. The third kappa shape index (κ3) is 4.80. The summed E-state index contributed by atoms with van der Waals surface area (Å²) in [5, 5.41) is 2.91. The Bertz CT molecular complexity index is 615. The number of amides is 2. The van der Waals surface area contributed by atoms with Gasteiger partial charge in [-0.15, -0.1) is 0 Å². The van der Waals surface area contributed by atoms with Crippen molar-refractivity contribution in [3.8, 4) is 0 Å². The van der Waals surface area contributed by atoms with E-state index in [4.69, 9.17) is 0 Å². The van der Waals surface area contributed by atoms with Gasteiger partial charge in [-0.3, -0.25) is 9.59 Å². The Balaban J connectivity index is 1.99. The highest BCUT2D eigenvalue weighted by Crippen LogP contribution is 2.31. The van der Waals surface area contributed by atoms with Crippen molar-refractivity contribution in [3.63, 3.8) is 0 Å². The minimum atomic E-state index is -0.590. The first-order valence-electron chi connectivity index (χ1n) is 9.21. The second-order valence-electron chi connectivity index (χ2n) is 7.25. The summed E-state index contributed by atoms with van der Waals surface area (Å²) in [6, 6.07) is 6.23. The van der Waals surface area contributed by atoms with Crippen molar-refractivity contribution in [1.29, 1.82) is 0 Å². The van der Waals surface area contributed by atoms with E-state index in [1.807, 2.05) is 25.7 Å². The molecule has 0 unspecified atom stereocenters. The number of halogens is 1. The summed E-state index contributed by atoms with van der Waals surface area (Å²) in [5.74, 6) is -0.178. The molecule has 0 saturated carbocycles. The smallest absolute Gasteiger partial charge is 0.227 e. The molecule has 1 atom stereocenters. The lowest BCUT2D eigenvalue weighted by atomic mass is 9.80. The number of benzene rings is 1. The van der Waals surface area contributed by atoms with Crippen molar-refractivity contribution in [2.75, 3.05) is 13.1 Å². The predicted octanol–water partition coefficient (Wildman–Crippen LogP) is 3.51. The Morgan fingerprint density at radius 3 is 2.68 bits per heavy atom. The molecule has 1 fully saturated rings. The summed E-state index contributed by atoms with van der Waals surface area (Å²) in [7, 11) is 0. The molecule has 138 valence electrons. The van der Waals surface area contributed by atoms with Crippen LogP contribution in [0.4, 0.5) is 4.39 Å². The van der Waals surface area contributed by atoms with E-state index in [1.54, 1.807) is 12.1 Å². The Hall–Kier alpha value is -1.91. The van der Waals surface area contributed by atoms with Gasteiger partial charge in [-0.25, -0.2) is 4.39 Å². The highest BCUT2D eigenvalue weighted by molar-refractivity contribution is 5.84. The van der Waals surface area contributed by atoms with Crippen molar-refractivity contribution in [3.05, 3.63) is 35.6 Å². The molecule has 1 aliphatic rings. The standard InChI is InChI=1S/C20H29FN2O2/c1-4-16(5-2)18(24)23-11-7-10-20(3,14-23)19(25)22-13-15-8-6-9-17(21)12-15/h6,8-9,12,16H,4-5,7,10-11,13-14H2,1-3H3,(H,22,25)/t20-/m0/s1. The molecule has 0 aliphatic carbocycles. The SMILES string of the molecule is CCC(CC)C(=O)N1CCC[C@](C)(C(=O)NCc2cccc(F)c2)C1. The third-order valence-corrected chi connectivity index (χ3v) is 5.23. The monoisotopic (exact) mass is 348 g/mol. The van der Waals surface area contributed by atoms with Crippen LogP contribution in [0.5, 0.6) is 0 Å². The normalized spacial score (nSPS) is 20.6. The van der Waals surface area contributed by atoms with Crippen LogP contribution >= 0.6 is 0 Å². The highest BCUT2D eigenvalue weighted by Gasteiger charge is 2.40. The number of carbonyl (C=O) groups is 2. The number of rotatable bonds is 6. The molecule has 25 heavy (non-hydrogen) atoms. The Kier molecular flexibility index (Phi) is 6.57. The quantitative estimate of drug-likeness (QED) is 0.855. The van der Waals surface area contributed by atoms with Gasteiger partial charge in [-0.1, -0.05) is 26.0 Å². The van der Waals surface area contributed by atoms with Crippen molar-refractivity contribution >= 4 is 11.8 Å². The fourth-order valence-electron chi connectivity index (χ4n) is 3.55. The van der Waals surface area contributed by atoms with E-state index >= 15 is 0 Å². The summed E-state index contributed by atoms with van der Waals surface area (Å²) in [4.78, 5) is 27.2. The van der Waals surface area contributed by atoms with Crippen LogP contribution in [0.25, 0.3) is 0 Å². The Morgan fingerprint density at radius 2 is 2.04 bits per heavy atom. The summed E-state index contributed by atoms with van der Waals surface area (Å²) >= 11 is 0. The summed E-state index contributed by atoms with van der Waals surface area (Å²) in [5.41, 5.74) is 0.144. The molecule has 2 rings (SSSR count). The molecule has 1 aromatic rings. The largest absolute Gasteiger partial charge is 0.351 e. The van der Waals surface area contributed by atoms with Gasteiger partial charge in [0.05, 0.1) is 5.41 Å². The van der Waals surface area contributed by atoms with Crippen LogP contribution in [0.2, 0.25) is 0 Å². The number of nitrogens with one attached hydrogen (secondary N) is 1. The zero-order valence-corrected chi connectivity index (χ0v) is 15.5. The number of nitrogens with zero attached hydrogens (tertiary/aromatic N) is 1. The molecule has 5 heteroatoms. The number of hydrogen-bond donors (Lipinski definition) is 1. The molecule has 0 spiro atoms. The van der Waals surface area contributed by atoms with Gasteiger partial charge in [0, 0.05) is 25.6 Å². The van der Waals surface area contributed by atoms with Crippen molar-refractivity contribution < 1.29 is 14.0 Å². The first-order valence-corrected chi connectivity index (χ1v) is 9.21. The summed E-state index contributed by atoms with van der Waals surface area (Å²) in [6.45, 7) is 7.45. The van der Waals surface area contributed by atoms with Gasteiger partial charge in [0.15, 0.2) is 0 Å².